The number of nitrogens with one attached hydrogen (secondary N) is 1. The molecule has 1 N–H and O–H groups in total. The molecule has 2 fully saturated rings. The largest absolute Gasteiger partial charge is 0.379 e. The molecule has 0 atom stereocenters. The molecule has 2 aromatic rings. The Morgan fingerprint density at radius 1 is 1.00 bits per heavy atom. The standard InChI is InChI=1S/C22H31N5O/c1-2-4-19(5-3-1)16-20-6-9-27(10-7-20)22-17-21(24-18-25-22)23-8-11-26-12-14-28-15-13-26/h1-5,17-18,20H,6-16H2,(H,23,24,25). The summed E-state index contributed by atoms with van der Waals surface area (Å²) < 4.78 is 5.40. The number of aromatic nitrogens is 2. The fourth-order valence-electron chi connectivity index (χ4n) is 4.10. The van der Waals surface area contributed by atoms with Gasteiger partial charge >= 0.3 is 0 Å². The zero-order chi connectivity index (χ0) is 19.0. The third-order valence-electron chi connectivity index (χ3n) is 5.80. The Morgan fingerprint density at radius 2 is 1.79 bits per heavy atom. The van der Waals surface area contributed by atoms with Crippen LogP contribution in [0.1, 0.15) is 18.4 Å². The molecular formula is C22H31N5O. The van der Waals surface area contributed by atoms with Crippen molar-refractivity contribution in [1.29, 1.82) is 0 Å². The van der Waals surface area contributed by atoms with Gasteiger partial charge < -0.3 is 15.0 Å². The molecule has 0 aliphatic carbocycles. The lowest BCUT2D eigenvalue weighted by molar-refractivity contribution is 0.0398. The third-order valence-corrected chi connectivity index (χ3v) is 5.80. The van der Waals surface area contributed by atoms with Crippen LogP contribution in [0.25, 0.3) is 0 Å². The van der Waals surface area contributed by atoms with Crippen LogP contribution in [0.15, 0.2) is 42.7 Å². The molecule has 0 saturated carbocycles. The first kappa shape index (κ1) is 19.2. The molecule has 1 aromatic heterocycles. The summed E-state index contributed by atoms with van der Waals surface area (Å²) in [6.45, 7) is 7.80. The van der Waals surface area contributed by atoms with Gasteiger partial charge in [0.25, 0.3) is 0 Å². The molecule has 28 heavy (non-hydrogen) atoms. The third kappa shape index (κ3) is 5.42. The van der Waals surface area contributed by atoms with E-state index >= 15 is 0 Å². The molecule has 0 spiro atoms. The highest BCUT2D eigenvalue weighted by Gasteiger charge is 2.20. The van der Waals surface area contributed by atoms with Crippen LogP contribution in [0.4, 0.5) is 11.6 Å². The first-order valence-corrected chi connectivity index (χ1v) is 10.5. The van der Waals surface area contributed by atoms with Gasteiger partial charge in [0.2, 0.25) is 0 Å². The van der Waals surface area contributed by atoms with Gasteiger partial charge in [-0.2, -0.15) is 0 Å². The summed E-state index contributed by atoms with van der Waals surface area (Å²) >= 11 is 0. The number of rotatable bonds is 7. The summed E-state index contributed by atoms with van der Waals surface area (Å²) in [6.07, 6.45) is 5.31. The Balaban J connectivity index is 1.24. The van der Waals surface area contributed by atoms with Crippen LogP contribution in [0, 0.1) is 5.92 Å². The Hall–Kier alpha value is -2.18. The van der Waals surface area contributed by atoms with Crippen molar-refractivity contribution >= 4 is 11.6 Å². The van der Waals surface area contributed by atoms with Crippen LogP contribution in [-0.4, -0.2) is 67.4 Å². The molecule has 2 aliphatic heterocycles. The number of anilines is 2. The average molecular weight is 382 g/mol. The highest BCUT2D eigenvalue weighted by atomic mass is 16.5. The van der Waals surface area contributed by atoms with Crippen LogP contribution in [0.2, 0.25) is 0 Å². The molecule has 3 heterocycles. The number of morpholine rings is 1. The number of piperidine rings is 1. The molecule has 2 aliphatic rings. The van der Waals surface area contributed by atoms with E-state index in [1.165, 1.54) is 24.8 Å². The SMILES string of the molecule is c1ccc(CC2CCN(c3cc(NCCN4CCOCC4)ncn3)CC2)cc1. The van der Waals surface area contributed by atoms with E-state index < -0.39 is 0 Å². The molecule has 0 bridgehead atoms. The molecule has 4 rings (SSSR count). The lowest BCUT2D eigenvalue weighted by Gasteiger charge is -2.33. The van der Waals surface area contributed by atoms with E-state index in [-0.39, 0.29) is 0 Å². The van der Waals surface area contributed by atoms with Crippen molar-refractivity contribution in [3.8, 4) is 0 Å². The van der Waals surface area contributed by atoms with Gasteiger partial charge in [-0.15, -0.1) is 0 Å². The number of nitrogens with zero attached hydrogens (tertiary/aromatic N) is 4. The van der Waals surface area contributed by atoms with Gasteiger partial charge in [0, 0.05) is 45.3 Å². The fourth-order valence-corrected chi connectivity index (χ4v) is 4.10. The topological polar surface area (TPSA) is 53.5 Å². The molecule has 0 unspecified atom stereocenters. The Labute approximate surface area is 167 Å². The minimum absolute atomic E-state index is 0.770. The normalized spacial score (nSPS) is 18.9. The smallest absolute Gasteiger partial charge is 0.134 e. The molecule has 2 saturated heterocycles. The van der Waals surface area contributed by atoms with Gasteiger partial charge in [0.1, 0.15) is 18.0 Å². The van der Waals surface area contributed by atoms with Crippen molar-refractivity contribution in [2.75, 3.05) is 62.7 Å². The highest BCUT2D eigenvalue weighted by Crippen LogP contribution is 2.25. The number of benzene rings is 1. The van der Waals surface area contributed by atoms with E-state index in [0.29, 0.717) is 0 Å². The molecule has 0 radical (unpaired) electrons. The zero-order valence-electron chi connectivity index (χ0n) is 16.6. The van der Waals surface area contributed by atoms with Crippen molar-refractivity contribution in [2.45, 2.75) is 19.3 Å². The molecule has 6 heteroatoms. The zero-order valence-corrected chi connectivity index (χ0v) is 16.6. The van der Waals surface area contributed by atoms with Crippen molar-refractivity contribution in [3.63, 3.8) is 0 Å². The fraction of sp³-hybridized carbons (Fsp3) is 0.545. The first-order chi connectivity index (χ1) is 13.9. The van der Waals surface area contributed by atoms with Gasteiger partial charge in [-0.25, -0.2) is 9.97 Å². The van der Waals surface area contributed by atoms with E-state index in [0.717, 1.165) is 70.0 Å². The van der Waals surface area contributed by atoms with Crippen molar-refractivity contribution in [3.05, 3.63) is 48.3 Å². The summed E-state index contributed by atoms with van der Waals surface area (Å²) in [5, 5.41) is 3.45. The number of ether oxygens (including phenoxy) is 1. The maximum atomic E-state index is 5.40. The summed E-state index contributed by atoms with van der Waals surface area (Å²) in [5.74, 6) is 2.73. The number of hydrogen-bond donors (Lipinski definition) is 1. The van der Waals surface area contributed by atoms with E-state index in [1.807, 2.05) is 0 Å². The Kier molecular flexibility index (Phi) is 6.73. The lowest BCUT2D eigenvalue weighted by Crippen LogP contribution is -2.39. The van der Waals surface area contributed by atoms with E-state index in [1.54, 1.807) is 6.33 Å². The molecule has 150 valence electrons. The van der Waals surface area contributed by atoms with Gasteiger partial charge in [0.15, 0.2) is 0 Å². The van der Waals surface area contributed by atoms with E-state index in [9.17, 15) is 0 Å². The first-order valence-electron chi connectivity index (χ1n) is 10.5. The second-order valence-electron chi connectivity index (χ2n) is 7.76. The van der Waals surface area contributed by atoms with E-state index in [2.05, 4.69) is 61.5 Å². The van der Waals surface area contributed by atoms with E-state index in [4.69, 9.17) is 4.74 Å². The minimum Gasteiger partial charge on any atom is -0.379 e. The van der Waals surface area contributed by atoms with Crippen LogP contribution >= 0.6 is 0 Å². The lowest BCUT2D eigenvalue weighted by atomic mass is 9.90. The monoisotopic (exact) mass is 381 g/mol. The quantitative estimate of drug-likeness (QED) is 0.796. The Morgan fingerprint density at radius 3 is 2.57 bits per heavy atom. The average Bonchev–Trinajstić information content (AvgIpc) is 2.76. The highest BCUT2D eigenvalue weighted by molar-refractivity contribution is 5.48. The summed E-state index contributed by atoms with van der Waals surface area (Å²) in [4.78, 5) is 13.7. The predicted octanol–water partition coefficient (Wildman–Crippen LogP) is 2.68. The molecule has 0 amide bonds. The van der Waals surface area contributed by atoms with Crippen LogP contribution < -0.4 is 10.2 Å². The van der Waals surface area contributed by atoms with Crippen molar-refractivity contribution in [1.82, 2.24) is 14.9 Å². The number of hydrogen-bond acceptors (Lipinski definition) is 6. The van der Waals surface area contributed by atoms with Crippen molar-refractivity contribution < 1.29 is 4.74 Å². The Bertz CT molecular complexity index is 712. The van der Waals surface area contributed by atoms with Gasteiger partial charge in [0.05, 0.1) is 13.2 Å². The van der Waals surface area contributed by atoms with Gasteiger partial charge in [-0.3, -0.25) is 4.90 Å². The summed E-state index contributed by atoms with van der Waals surface area (Å²) in [7, 11) is 0. The van der Waals surface area contributed by atoms with Crippen LogP contribution in [-0.2, 0) is 11.2 Å². The molecule has 6 nitrogen and oxygen atoms in total. The minimum atomic E-state index is 0.770. The van der Waals surface area contributed by atoms with Gasteiger partial charge in [-0.1, -0.05) is 30.3 Å². The second-order valence-corrected chi connectivity index (χ2v) is 7.76. The van der Waals surface area contributed by atoms with Crippen LogP contribution in [0.5, 0.6) is 0 Å². The maximum absolute atomic E-state index is 5.40. The second kappa shape index (κ2) is 9.85. The van der Waals surface area contributed by atoms with Crippen LogP contribution in [0.3, 0.4) is 0 Å². The molecule has 1 aromatic carbocycles. The summed E-state index contributed by atoms with van der Waals surface area (Å²) in [6, 6.07) is 12.9. The van der Waals surface area contributed by atoms with Gasteiger partial charge in [-0.05, 0) is 30.7 Å². The summed E-state index contributed by atoms with van der Waals surface area (Å²) in [5.41, 5.74) is 1.45. The predicted molar refractivity (Wildman–Crippen MR) is 113 cm³/mol. The molecular weight excluding hydrogens is 350 g/mol. The van der Waals surface area contributed by atoms with Crippen molar-refractivity contribution in [2.24, 2.45) is 5.92 Å². The maximum Gasteiger partial charge on any atom is 0.134 e.